The van der Waals surface area contributed by atoms with Gasteiger partial charge in [0, 0.05) is 15.4 Å². The molecule has 0 spiro atoms. The van der Waals surface area contributed by atoms with Gasteiger partial charge in [-0.05, 0) is 30.0 Å². The van der Waals surface area contributed by atoms with Gasteiger partial charge in [0.15, 0.2) is 0 Å². The molecule has 1 aliphatic rings. The van der Waals surface area contributed by atoms with Gasteiger partial charge < -0.3 is 15.2 Å². The van der Waals surface area contributed by atoms with Crippen LogP contribution >= 0.6 is 15.9 Å². The van der Waals surface area contributed by atoms with Gasteiger partial charge in [-0.25, -0.2) is 4.79 Å². The van der Waals surface area contributed by atoms with Crippen molar-refractivity contribution in [3.63, 3.8) is 0 Å². The van der Waals surface area contributed by atoms with Crippen LogP contribution in [-0.2, 0) is 9.53 Å². The minimum Gasteiger partial charge on any atom is -0.462 e. The maximum atomic E-state index is 12.7. The quantitative estimate of drug-likeness (QED) is 0.610. The summed E-state index contributed by atoms with van der Waals surface area (Å²) < 4.78 is 12.1. The second-order valence-electron chi connectivity index (χ2n) is 6.29. The Balaban J connectivity index is 1.98. The summed E-state index contributed by atoms with van der Waals surface area (Å²) in [5.74, 6) is -0.0559. The third kappa shape index (κ3) is 3.08. The first-order valence-corrected chi connectivity index (χ1v) is 9.51. The Bertz CT molecular complexity index is 1070. The van der Waals surface area contributed by atoms with Crippen LogP contribution in [0.5, 0.6) is 5.75 Å². The lowest BCUT2D eigenvalue weighted by Gasteiger charge is -2.29. The van der Waals surface area contributed by atoms with Crippen molar-refractivity contribution >= 4 is 32.7 Å². The highest BCUT2D eigenvalue weighted by molar-refractivity contribution is 9.10. The van der Waals surface area contributed by atoms with E-state index in [9.17, 15) is 4.79 Å². The maximum absolute atomic E-state index is 12.7. The molecule has 4 nitrogen and oxygen atoms in total. The summed E-state index contributed by atoms with van der Waals surface area (Å²) in [6.45, 7) is 2.04. The van der Waals surface area contributed by atoms with E-state index in [2.05, 4.69) is 15.9 Å². The van der Waals surface area contributed by atoms with Crippen molar-refractivity contribution < 1.29 is 14.3 Å². The van der Waals surface area contributed by atoms with Crippen molar-refractivity contribution in [3.05, 3.63) is 87.7 Å². The molecule has 5 heteroatoms. The van der Waals surface area contributed by atoms with Gasteiger partial charge in [0.2, 0.25) is 5.88 Å². The Morgan fingerprint density at radius 1 is 1.15 bits per heavy atom. The highest BCUT2D eigenvalue weighted by atomic mass is 79.9. The lowest BCUT2D eigenvalue weighted by Crippen LogP contribution is -2.27. The van der Waals surface area contributed by atoms with Gasteiger partial charge in [-0.15, -0.1) is 0 Å². The molecule has 1 aliphatic heterocycles. The molecule has 0 radical (unpaired) electrons. The number of halogens is 1. The SMILES string of the molecule is CCOC(=O)C1=C(N)Oc2c(ccc3ccccc23)C1c1cccc(Br)c1. The first-order valence-electron chi connectivity index (χ1n) is 8.72. The first-order chi connectivity index (χ1) is 13.1. The van der Waals surface area contributed by atoms with Crippen LogP contribution in [0, 0.1) is 0 Å². The zero-order valence-electron chi connectivity index (χ0n) is 14.7. The van der Waals surface area contributed by atoms with Crippen LogP contribution in [0.4, 0.5) is 0 Å². The van der Waals surface area contributed by atoms with Crippen molar-refractivity contribution in [3.8, 4) is 5.75 Å². The fraction of sp³-hybridized carbons (Fsp3) is 0.136. The summed E-state index contributed by atoms with van der Waals surface area (Å²) in [6, 6.07) is 19.8. The average molecular weight is 424 g/mol. The number of ether oxygens (including phenoxy) is 2. The minimum atomic E-state index is -0.459. The molecule has 1 heterocycles. The second-order valence-corrected chi connectivity index (χ2v) is 7.21. The molecule has 0 amide bonds. The molecule has 136 valence electrons. The topological polar surface area (TPSA) is 61.5 Å². The number of rotatable bonds is 3. The lowest BCUT2D eigenvalue weighted by molar-refractivity contribution is -0.139. The number of esters is 1. The van der Waals surface area contributed by atoms with E-state index in [1.165, 1.54) is 0 Å². The summed E-state index contributed by atoms with van der Waals surface area (Å²) in [5.41, 5.74) is 8.39. The Morgan fingerprint density at radius 3 is 2.74 bits per heavy atom. The zero-order chi connectivity index (χ0) is 19.0. The van der Waals surface area contributed by atoms with E-state index in [1.807, 2.05) is 60.7 Å². The standard InChI is InChI=1S/C22H18BrNO3/c1-2-26-22(25)19-18(14-7-5-8-15(23)12-14)17-11-10-13-6-3-4-9-16(13)20(17)27-21(19)24/h3-12,18H,2,24H2,1H3. The molecule has 3 aromatic rings. The first kappa shape index (κ1) is 17.6. The van der Waals surface area contributed by atoms with Gasteiger partial charge in [0.05, 0.1) is 12.5 Å². The molecule has 1 unspecified atom stereocenters. The third-order valence-electron chi connectivity index (χ3n) is 4.66. The van der Waals surface area contributed by atoms with Crippen LogP contribution < -0.4 is 10.5 Å². The number of carbonyl (C=O) groups is 1. The predicted molar refractivity (Wildman–Crippen MR) is 108 cm³/mol. The number of nitrogens with two attached hydrogens (primary N) is 1. The van der Waals surface area contributed by atoms with Gasteiger partial charge in [-0.2, -0.15) is 0 Å². The van der Waals surface area contributed by atoms with E-state index >= 15 is 0 Å². The number of hydrogen-bond donors (Lipinski definition) is 1. The average Bonchev–Trinajstić information content (AvgIpc) is 2.67. The third-order valence-corrected chi connectivity index (χ3v) is 5.16. The van der Waals surface area contributed by atoms with Gasteiger partial charge >= 0.3 is 5.97 Å². The molecule has 0 saturated heterocycles. The van der Waals surface area contributed by atoms with E-state index in [4.69, 9.17) is 15.2 Å². The van der Waals surface area contributed by atoms with Crippen LogP contribution in [0.1, 0.15) is 24.0 Å². The van der Waals surface area contributed by atoms with E-state index in [-0.39, 0.29) is 18.4 Å². The number of carbonyl (C=O) groups excluding carboxylic acids is 1. The van der Waals surface area contributed by atoms with E-state index in [1.54, 1.807) is 6.92 Å². The molecule has 3 aromatic carbocycles. The molecular formula is C22H18BrNO3. The molecule has 0 bridgehead atoms. The predicted octanol–water partition coefficient (Wildman–Crippen LogP) is 4.86. The number of benzene rings is 3. The minimum absolute atomic E-state index is 0.0854. The summed E-state index contributed by atoms with van der Waals surface area (Å²) >= 11 is 3.52. The van der Waals surface area contributed by atoms with Crippen molar-refractivity contribution in [2.75, 3.05) is 6.61 Å². The van der Waals surface area contributed by atoms with E-state index in [0.29, 0.717) is 11.3 Å². The van der Waals surface area contributed by atoms with Gasteiger partial charge in [-0.1, -0.05) is 64.5 Å². The molecule has 2 N–H and O–H groups in total. The van der Waals surface area contributed by atoms with Crippen LogP contribution in [0.3, 0.4) is 0 Å². The second kappa shape index (κ2) is 7.08. The van der Waals surface area contributed by atoms with E-state index in [0.717, 1.165) is 26.4 Å². The van der Waals surface area contributed by atoms with E-state index < -0.39 is 5.97 Å². The molecule has 0 aromatic heterocycles. The highest BCUT2D eigenvalue weighted by Crippen LogP contribution is 2.46. The lowest BCUT2D eigenvalue weighted by atomic mass is 9.82. The van der Waals surface area contributed by atoms with Gasteiger partial charge in [0.1, 0.15) is 11.3 Å². The molecule has 4 rings (SSSR count). The van der Waals surface area contributed by atoms with Gasteiger partial charge in [0.25, 0.3) is 0 Å². The number of hydrogen-bond acceptors (Lipinski definition) is 4. The highest BCUT2D eigenvalue weighted by Gasteiger charge is 2.36. The largest absolute Gasteiger partial charge is 0.462 e. The fourth-order valence-electron chi connectivity index (χ4n) is 3.52. The Morgan fingerprint density at radius 2 is 1.96 bits per heavy atom. The fourth-order valence-corrected chi connectivity index (χ4v) is 3.94. The Hall–Kier alpha value is -2.79. The summed E-state index contributed by atoms with van der Waals surface area (Å²) in [6.07, 6.45) is 0. The monoisotopic (exact) mass is 423 g/mol. The maximum Gasteiger partial charge on any atom is 0.340 e. The molecule has 27 heavy (non-hydrogen) atoms. The number of fused-ring (bicyclic) bond motifs is 3. The summed E-state index contributed by atoms with van der Waals surface area (Å²) in [7, 11) is 0. The normalized spacial score (nSPS) is 16.0. The molecule has 1 atom stereocenters. The molecule has 0 saturated carbocycles. The van der Waals surface area contributed by atoms with Gasteiger partial charge in [-0.3, -0.25) is 0 Å². The van der Waals surface area contributed by atoms with Crippen molar-refractivity contribution in [1.29, 1.82) is 0 Å². The molecule has 0 fully saturated rings. The molecular weight excluding hydrogens is 406 g/mol. The Labute approximate surface area is 165 Å². The van der Waals surface area contributed by atoms with Crippen LogP contribution in [0.2, 0.25) is 0 Å². The van der Waals surface area contributed by atoms with Crippen molar-refractivity contribution in [1.82, 2.24) is 0 Å². The smallest absolute Gasteiger partial charge is 0.340 e. The summed E-state index contributed by atoms with van der Waals surface area (Å²) in [4.78, 5) is 12.7. The zero-order valence-corrected chi connectivity index (χ0v) is 16.3. The molecule has 0 aliphatic carbocycles. The van der Waals surface area contributed by atoms with Crippen LogP contribution in [0.25, 0.3) is 10.8 Å². The van der Waals surface area contributed by atoms with Crippen LogP contribution in [0.15, 0.2) is 76.6 Å². The van der Waals surface area contributed by atoms with Crippen molar-refractivity contribution in [2.24, 2.45) is 5.73 Å². The van der Waals surface area contributed by atoms with Crippen LogP contribution in [-0.4, -0.2) is 12.6 Å². The van der Waals surface area contributed by atoms with Crippen molar-refractivity contribution in [2.45, 2.75) is 12.8 Å². The summed E-state index contributed by atoms with van der Waals surface area (Å²) in [5, 5.41) is 2.01. The Kier molecular flexibility index (Phi) is 4.62.